The van der Waals surface area contributed by atoms with E-state index in [2.05, 4.69) is 10.6 Å². The first-order valence-electron chi connectivity index (χ1n) is 5.28. The summed E-state index contributed by atoms with van der Waals surface area (Å²) < 4.78 is 0. The number of thioether (sulfide) groups is 1. The van der Waals surface area contributed by atoms with Crippen LogP contribution in [0.3, 0.4) is 0 Å². The minimum absolute atomic E-state index is 0.0831. The maximum absolute atomic E-state index is 11.8. The van der Waals surface area contributed by atoms with Crippen molar-refractivity contribution in [3.05, 3.63) is 23.8 Å². The third-order valence-corrected chi connectivity index (χ3v) is 3.37. The van der Waals surface area contributed by atoms with Crippen LogP contribution < -0.4 is 10.6 Å². The molecule has 0 bridgehead atoms. The van der Waals surface area contributed by atoms with E-state index in [4.69, 9.17) is 5.11 Å². The van der Waals surface area contributed by atoms with E-state index in [1.807, 2.05) is 0 Å². The molecule has 2 amide bonds. The molecule has 1 unspecified atom stereocenters. The molecule has 7 nitrogen and oxygen atoms in total. The van der Waals surface area contributed by atoms with Crippen molar-refractivity contribution in [2.75, 3.05) is 11.1 Å². The summed E-state index contributed by atoms with van der Waals surface area (Å²) in [7, 11) is 0. The van der Waals surface area contributed by atoms with Crippen LogP contribution in [0.4, 0.5) is 10.5 Å². The SMILES string of the molecule is O=C1NC(C(=O)Nc2ccc(C(=O)O)cc2O)CS1. The Morgan fingerprint density at radius 1 is 1.42 bits per heavy atom. The van der Waals surface area contributed by atoms with Gasteiger partial charge in [0.1, 0.15) is 11.8 Å². The van der Waals surface area contributed by atoms with Crippen LogP contribution in [0, 0.1) is 0 Å². The number of carbonyl (C=O) groups excluding carboxylic acids is 2. The van der Waals surface area contributed by atoms with E-state index in [1.165, 1.54) is 12.1 Å². The van der Waals surface area contributed by atoms with Crippen molar-refractivity contribution in [2.45, 2.75) is 6.04 Å². The van der Waals surface area contributed by atoms with E-state index < -0.39 is 17.9 Å². The molecule has 8 heteroatoms. The third-order valence-electron chi connectivity index (χ3n) is 2.49. The lowest BCUT2D eigenvalue weighted by Crippen LogP contribution is -2.38. The van der Waals surface area contributed by atoms with Gasteiger partial charge in [0.15, 0.2) is 0 Å². The normalized spacial score (nSPS) is 17.9. The van der Waals surface area contributed by atoms with Gasteiger partial charge < -0.3 is 20.8 Å². The molecule has 0 radical (unpaired) electrons. The van der Waals surface area contributed by atoms with Crippen molar-refractivity contribution in [3.8, 4) is 5.75 Å². The highest BCUT2D eigenvalue weighted by Crippen LogP contribution is 2.25. The second-order valence-electron chi connectivity index (χ2n) is 3.82. The van der Waals surface area contributed by atoms with Gasteiger partial charge in [-0.1, -0.05) is 11.8 Å². The van der Waals surface area contributed by atoms with Crippen molar-refractivity contribution in [3.63, 3.8) is 0 Å². The molecule has 1 fully saturated rings. The number of hydrogen-bond donors (Lipinski definition) is 4. The Hall–Kier alpha value is -2.22. The first-order chi connectivity index (χ1) is 8.97. The number of hydrogen-bond acceptors (Lipinski definition) is 5. The molecule has 2 rings (SSSR count). The fourth-order valence-corrected chi connectivity index (χ4v) is 2.29. The number of anilines is 1. The smallest absolute Gasteiger partial charge is 0.335 e. The molecule has 100 valence electrons. The van der Waals surface area contributed by atoms with E-state index in [0.717, 1.165) is 17.8 Å². The van der Waals surface area contributed by atoms with Gasteiger partial charge in [-0.25, -0.2) is 4.79 Å². The van der Waals surface area contributed by atoms with E-state index in [0.29, 0.717) is 5.75 Å². The Bertz CT molecular complexity index is 560. The number of carboxylic acids is 1. The summed E-state index contributed by atoms with van der Waals surface area (Å²) in [6.07, 6.45) is 0. The van der Waals surface area contributed by atoms with E-state index in [1.54, 1.807) is 0 Å². The zero-order valence-corrected chi connectivity index (χ0v) is 10.4. The quantitative estimate of drug-likeness (QED) is 0.611. The van der Waals surface area contributed by atoms with Gasteiger partial charge in [0.2, 0.25) is 5.91 Å². The highest BCUT2D eigenvalue weighted by molar-refractivity contribution is 8.14. The molecule has 19 heavy (non-hydrogen) atoms. The second-order valence-corrected chi connectivity index (χ2v) is 4.81. The van der Waals surface area contributed by atoms with Crippen LogP contribution in [0.15, 0.2) is 18.2 Å². The largest absolute Gasteiger partial charge is 0.506 e. The molecule has 0 aliphatic carbocycles. The van der Waals surface area contributed by atoms with Gasteiger partial charge in [-0.05, 0) is 18.2 Å². The van der Waals surface area contributed by atoms with Crippen molar-refractivity contribution in [1.82, 2.24) is 5.32 Å². The molecule has 1 atom stereocenters. The predicted octanol–water partition coefficient (Wildman–Crippen LogP) is 0.854. The number of benzene rings is 1. The summed E-state index contributed by atoms with van der Waals surface area (Å²) in [5.74, 6) is -1.66. The Morgan fingerprint density at radius 2 is 2.16 bits per heavy atom. The fourth-order valence-electron chi connectivity index (χ4n) is 1.52. The average Bonchev–Trinajstić information content (AvgIpc) is 2.78. The molecular weight excluding hydrogens is 272 g/mol. The number of aromatic carboxylic acids is 1. The monoisotopic (exact) mass is 282 g/mol. The number of rotatable bonds is 3. The van der Waals surface area contributed by atoms with Crippen LogP contribution in [0.25, 0.3) is 0 Å². The summed E-state index contributed by atoms with van der Waals surface area (Å²) in [6, 6.07) is 2.94. The maximum Gasteiger partial charge on any atom is 0.335 e. The lowest BCUT2D eigenvalue weighted by Gasteiger charge is -2.11. The number of phenols is 1. The van der Waals surface area contributed by atoms with E-state index in [-0.39, 0.29) is 22.2 Å². The Morgan fingerprint density at radius 3 is 2.68 bits per heavy atom. The molecule has 1 heterocycles. The van der Waals surface area contributed by atoms with Crippen LogP contribution in [0.2, 0.25) is 0 Å². The molecule has 4 N–H and O–H groups in total. The van der Waals surface area contributed by atoms with Gasteiger partial charge in [0.25, 0.3) is 5.24 Å². The average molecular weight is 282 g/mol. The van der Waals surface area contributed by atoms with Crippen molar-refractivity contribution in [2.24, 2.45) is 0 Å². The summed E-state index contributed by atoms with van der Waals surface area (Å²) in [5, 5.41) is 23.0. The molecule has 1 aliphatic heterocycles. The van der Waals surface area contributed by atoms with Gasteiger partial charge in [-0.3, -0.25) is 9.59 Å². The Balaban J connectivity index is 2.09. The summed E-state index contributed by atoms with van der Waals surface area (Å²) >= 11 is 1.00. The Labute approximate surface area is 112 Å². The minimum atomic E-state index is -1.17. The lowest BCUT2D eigenvalue weighted by atomic mass is 10.2. The highest BCUT2D eigenvalue weighted by atomic mass is 32.2. The molecule has 0 spiro atoms. The number of carboxylic acid groups (broad SMARTS) is 1. The number of aromatic hydroxyl groups is 1. The molecule has 0 saturated carbocycles. The molecule has 1 aromatic rings. The standard InChI is InChI=1S/C11H10N2O5S/c14-8-3-5(10(16)17)1-2-6(8)12-9(15)7-4-19-11(18)13-7/h1-3,7,14H,4H2,(H,12,15)(H,13,18)(H,16,17). The number of nitrogens with one attached hydrogen (secondary N) is 2. The van der Waals surface area contributed by atoms with Crippen LogP contribution in [0.1, 0.15) is 10.4 Å². The Kier molecular flexibility index (Phi) is 3.61. The van der Waals surface area contributed by atoms with Crippen molar-refractivity contribution < 1.29 is 24.6 Å². The molecule has 1 aliphatic rings. The van der Waals surface area contributed by atoms with Gasteiger partial charge in [-0.2, -0.15) is 0 Å². The lowest BCUT2D eigenvalue weighted by molar-refractivity contribution is -0.117. The molecule has 0 aromatic heterocycles. The minimum Gasteiger partial charge on any atom is -0.506 e. The summed E-state index contributed by atoms with van der Waals surface area (Å²) in [6.45, 7) is 0. The van der Waals surface area contributed by atoms with Gasteiger partial charge in [0.05, 0.1) is 11.3 Å². The fraction of sp³-hybridized carbons (Fsp3) is 0.182. The van der Waals surface area contributed by atoms with Gasteiger partial charge in [0, 0.05) is 5.75 Å². The summed E-state index contributed by atoms with van der Waals surface area (Å²) in [5.41, 5.74) is 0.0152. The molecule has 1 aromatic carbocycles. The van der Waals surface area contributed by atoms with E-state index in [9.17, 15) is 19.5 Å². The third kappa shape index (κ3) is 2.97. The van der Waals surface area contributed by atoms with Gasteiger partial charge in [-0.15, -0.1) is 0 Å². The summed E-state index contributed by atoms with van der Waals surface area (Å²) in [4.78, 5) is 33.4. The van der Waals surface area contributed by atoms with Gasteiger partial charge >= 0.3 is 5.97 Å². The van der Waals surface area contributed by atoms with Crippen molar-refractivity contribution in [1.29, 1.82) is 0 Å². The van der Waals surface area contributed by atoms with Crippen molar-refractivity contribution >= 4 is 34.6 Å². The van der Waals surface area contributed by atoms with E-state index >= 15 is 0 Å². The van der Waals surface area contributed by atoms with Crippen LogP contribution in [0.5, 0.6) is 5.75 Å². The molecule has 1 saturated heterocycles. The topological polar surface area (TPSA) is 116 Å². The molecular formula is C11H10N2O5S. The second kappa shape index (κ2) is 5.19. The maximum atomic E-state index is 11.8. The van der Waals surface area contributed by atoms with Crippen LogP contribution >= 0.6 is 11.8 Å². The number of phenolic OH excluding ortho intramolecular Hbond substituents is 1. The number of carbonyl (C=O) groups is 3. The highest BCUT2D eigenvalue weighted by Gasteiger charge is 2.28. The zero-order valence-electron chi connectivity index (χ0n) is 9.54. The first-order valence-corrected chi connectivity index (χ1v) is 6.26. The number of amides is 2. The van der Waals surface area contributed by atoms with Crippen LogP contribution in [-0.2, 0) is 4.79 Å². The van der Waals surface area contributed by atoms with Crippen LogP contribution in [-0.4, -0.2) is 39.1 Å². The first kappa shape index (κ1) is 13.2. The predicted molar refractivity (Wildman–Crippen MR) is 68.5 cm³/mol. The zero-order chi connectivity index (χ0) is 14.0.